The minimum atomic E-state index is -2.13. The first-order chi connectivity index (χ1) is 21.5. The molecule has 1 atom stereocenters. The highest BCUT2D eigenvalue weighted by Gasteiger charge is 2.38. The van der Waals surface area contributed by atoms with E-state index in [9.17, 15) is 9.18 Å². The van der Waals surface area contributed by atoms with Crippen LogP contribution in [0.15, 0.2) is 42.9 Å². The van der Waals surface area contributed by atoms with Gasteiger partial charge in [-0.3, -0.25) is 9.38 Å². The van der Waals surface area contributed by atoms with Gasteiger partial charge in [0.05, 0.1) is 30.2 Å². The number of nitrogens with zero attached hydrogens (tertiary/aromatic N) is 7. The van der Waals surface area contributed by atoms with Gasteiger partial charge in [0.2, 0.25) is 5.88 Å². The minimum Gasteiger partial charge on any atom is -0.466 e. The maximum absolute atomic E-state index is 13.8. The Labute approximate surface area is 271 Å². The highest BCUT2D eigenvalue weighted by atomic mass is 28.4. The fourth-order valence-corrected chi connectivity index (χ4v) is 6.20. The Bertz CT molecular complexity index is 1670. The standard InChI is InChI=1S/C33H46FN7O4Si/c1-22-30(37-38-41(22)25-12-15-39(16-13-25)31(42)45-32(2,3)4)23-18-28-35-14-17-40(28)29(19-23)44-27(26-11-10-24(34)20-36-26)21-43-46(8,9)33(5,6)7/h10-11,14,17-20,25,27H,12-13,15-16,21H2,1-9H3. The summed E-state index contributed by atoms with van der Waals surface area (Å²) in [6.07, 6.45) is 5.36. The number of piperidine rings is 1. The number of fused-ring (bicyclic) bond motifs is 1. The number of carbonyl (C=O) groups excluding carboxylic acids is 1. The van der Waals surface area contributed by atoms with Gasteiger partial charge in [0.1, 0.15) is 22.8 Å². The summed E-state index contributed by atoms with van der Waals surface area (Å²) in [7, 11) is -2.13. The Morgan fingerprint density at radius 2 is 1.80 bits per heavy atom. The molecule has 1 aliphatic rings. The molecule has 5 heterocycles. The smallest absolute Gasteiger partial charge is 0.410 e. The van der Waals surface area contributed by atoms with Crippen LogP contribution in [0.3, 0.4) is 0 Å². The predicted octanol–water partition coefficient (Wildman–Crippen LogP) is 7.15. The summed E-state index contributed by atoms with van der Waals surface area (Å²) >= 11 is 0. The number of imidazole rings is 1. The molecule has 0 radical (unpaired) electrons. The number of carbonyl (C=O) groups is 1. The van der Waals surface area contributed by atoms with Crippen LogP contribution in [0.4, 0.5) is 9.18 Å². The predicted molar refractivity (Wildman–Crippen MR) is 176 cm³/mol. The number of amides is 1. The fourth-order valence-electron chi connectivity index (χ4n) is 5.20. The minimum absolute atomic E-state index is 0.00100. The molecule has 248 valence electrons. The second-order valence-electron chi connectivity index (χ2n) is 14.5. The van der Waals surface area contributed by atoms with Crippen LogP contribution in [0.5, 0.6) is 5.88 Å². The fraction of sp³-hybridized carbons (Fsp3) is 0.545. The van der Waals surface area contributed by atoms with Gasteiger partial charge in [-0.15, -0.1) is 5.10 Å². The Morgan fingerprint density at radius 3 is 2.43 bits per heavy atom. The summed E-state index contributed by atoms with van der Waals surface area (Å²) in [5.41, 5.74) is 3.16. The molecular formula is C33H46FN7O4Si. The second kappa shape index (κ2) is 12.7. The SMILES string of the molecule is Cc1c(-c2cc(OC(CO[Si](C)(C)C(C)(C)C)c3ccc(F)cn3)n3ccnc3c2)nnn1C1CCN(C(=O)OC(C)(C)C)CC1. The maximum Gasteiger partial charge on any atom is 0.410 e. The van der Waals surface area contributed by atoms with E-state index in [1.165, 1.54) is 12.3 Å². The van der Waals surface area contributed by atoms with Gasteiger partial charge in [0, 0.05) is 37.1 Å². The number of rotatable bonds is 8. The van der Waals surface area contributed by atoms with E-state index in [1.807, 2.05) is 55.1 Å². The largest absolute Gasteiger partial charge is 0.466 e. The molecule has 0 aliphatic carbocycles. The molecule has 0 saturated carbocycles. The van der Waals surface area contributed by atoms with E-state index < -0.39 is 25.8 Å². The lowest BCUT2D eigenvalue weighted by atomic mass is 10.0. The first-order valence-corrected chi connectivity index (χ1v) is 18.7. The van der Waals surface area contributed by atoms with Crippen LogP contribution in [0, 0.1) is 12.7 Å². The Morgan fingerprint density at radius 1 is 1.09 bits per heavy atom. The summed E-state index contributed by atoms with van der Waals surface area (Å²) in [5.74, 6) is 0.112. The Kier molecular flexibility index (Phi) is 9.29. The number of hydrogen-bond donors (Lipinski definition) is 0. The molecule has 0 aromatic carbocycles. The third kappa shape index (κ3) is 7.41. The number of likely N-dealkylation sites (tertiary alicyclic amines) is 1. The topological polar surface area (TPSA) is 109 Å². The van der Waals surface area contributed by atoms with E-state index in [-0.39, 0.29) is 23.8 Å². The molecule has 1 saturated heterocycles. The van der Waals surface area contributed by atoms with Gasteiger partial charge in [-0.25, -0.2) is 18.9 Å². The highest BCUT2D eigenvalue weighted by Crippen LogP contribution is 2.38. The molecule has 13 heteroatoms. The van der Waals surface area contributed by atoms with Crippen LogP contribution in [-0.4, -0.2) is 74.0 Å². The Balaban J connectivity index is 1.40. The van der Waals surface area contributed by atoms with Crippen LogP contribution in [0.1, 0.15) is 77.9 Å². The zero-order chi connectivity index (χ0) is 33.4. The van der Waals surface area contributed by atoms with E-state index in [2.05, 4.69) is 54.1 Å². The number of aromatic nitrogens is 6. The zero-order valence-electron chi connectivity index (χ0n) is 28.4. The third-order valence-electron chi connectivity index (χ3n) is 8.88. The third-order valence-corrected chi connectivity index (χ3v) is 13.4. The van der Waals surface area contributed by atoms with Gasteiger partial charge >= 0.3 is 6.09 Å². The Hall–Kier alpha value is -3.84. The van der Waals surface area contributed by atoms with Gasteiger partial charge in [-0.05, 0) is 76.9 Å². The summed E-state index contributed by atoms with van der Waals surface area (Å²) < 4.78 is 36.4. The van der Waals surface area contributed by atoms with Crippen molar-refractivity contribution in [2.24, 2.45) is 0 Å². The lowest BCUT2D eigenvalue weighted by molar-refractivity contribution is 0.0183. The van der Waals surface area contributed by atoms with E-state index in [0.29, 0.717) is 30.3 Å². The lowest BCUT2D eigenvalue weighted by Crippen LogP contribution is -2.42. The molecule has 1 amide bonds. The molecule has 0 spiro atoms. The normalized spacial score (nSPS) is 15.7. The summed E-state index contributed by atoms with van der Waals surface area (Å²) in [6, 6.07) is 7.00. The van der Waals surface area contributed by atoms with E-state index in [4.69, 9.17) is 13.9 Å². The van der Waals surface area contributed by atoms with Gasteiger partial charge in [-0.2, -0.15) is 0 Å². The number of pyridine rings is 2. The molecule has 5 rings (SSSR count). The molecule has 46 heavy (non-hydrogen) atoms. The van der Waals surface area contributed by atoms with Crippen molar-refractivity contribution in [1.82, 2.24) is 34.3 Å². The van der Waals surface area contributed by atoms with Crippen molar-refractivity contribution < 1.29 is 23.1 Å². The number of hydrogen-bond acceptors (Lipinski definition) is 8. The average molecular weight is 652 g/mol. The van der Waals surface area contributed by atoms with Crippen LogP contribution in [0.25, 0.3) is 16.9 Å². The van der Waals surface area contributed by atoms with Gasteiger partial charge in [-0.1, -0.05) is 26.0 Å². The molecule has 1 unspecified atom stereocenters. The van der Waals surface area contributed by atoms with Crippen molar-refractivity contribution in [2.75, 3.05) is 19.7 Å². The van der Waals surface area contributed by atoms with Crippen LogP contribution >= 0.6 is 0 Å². The van der Waals surface area contributed by atoms with Crippen LogP contribution in [-0.2, 0) is 9.16 Å². The molecule has 1 fully saturated rings. The van der Waals surface area contributed by atoms with E-state index in [0.717, 1.165) is 29.8 Å². The zero-order valence-corrected chi connectivity index (χ0v) is 29.4. The van der Waals surface area contributed by atoms with Gasteiger partial charge in [0.25, 0.3) is 0 Å². The molecule has 4 aromatic heterocycles. The van der Waals surface area contributed by atoms with Crippen molar-refractivity contribution >= 4 is 20.1 Å². The highest BCUT2D eigenvalue weighted by molar-refractivity contribution is 6.74. The van der Waals surface area contributed by atoms with Crippen molar-refractivity contribution in [1.29, 1.82) is 0 Å². The molecular weight excluding hydrogens is 605 g/mol. The van der Waals surface area contributed by atoms with E-state index in [1.54, 1.807) is 17.2 Å². The van der Waals surface area contributed by atoms with Crippen LogP contribution in [0.2, 0.25) is 18.1 Å². The first-order valence-electron chi connectivity index (χ1n) is 15.8. The molecule has 11 nitrogen and oxygen atoms in total. The molecule has 4 aromatic rings. The van der Waals surface area contributed by atoms with Crippen molar-refractivity contribution in [3.8, 4) is 17.1 Å². The average Bonchev–Trinajstić information content (AvgIpc) is 3.61. The summed E-state index contributed by atoms with van der Waals surface area (Å²) in [4.78, 5) is 23.2. The number of halogens is 1. The monoisotopic (exact) mass is 651 g/mol. The number of ether oxygens (including phenoxy) is 2. The molecule has 0 N–H and O–H groups in total. The van der Waals surface area contributed by atoms with Crippen LogP contribution < -0.4 is 4.74 Å². The van der Waals surface area contributed by atoms with Gasteiger partial charge in [0.15, 0.2) is 14.4 Å². The summed E-state index contributed by atoms with van der Waals surface area (Å²) in [6.45, 7) is 20.0. The van der Waals surface area contributed by atoms with Crippen molar-refractivity contribution in [2.45, 2.75) is 97.2 Å². The van der Waals surface area contributed by atoms with E-state index >= 15 is 0 Å². The molecule has 1 aliphatic heterocycles. The van der Waals surface area contributed by atoms with Crippen molar-refractivity contribution in [3.63, 3.8) is 0 Å². The lowest BCUT2D eigenvalue weighted by Gasteiger charge is -2.37. The van der Waals surface area contributed by atoms with Crippen molar-refractivity contribution in [3.05, 3.63) is 60.1 Å². The second-order valence-corrected chi connectivity index (χ2v) is 19.3. The van der Waals surface area contributed by atoms with Gasteiger partial charge < -0.3 is 18.8 Å². The molecule has 0 bridgehead atoms. The quantitative estimate of drug-likeness (QED) is 0.185. The first kappa shape index (κ1) is 33.5. The summed E-state index contributed by atoms with van der Waals surface area (Å²) in [5, 5.41) is 9.12. The maximum atomic E-state index is 13.8.